The van der Waals surface area contributed by atoms with E-state index in [0.717, 1.165) is 19.8 Å². The second-order valence-corrected chi connectivity index (χ2v) is 4.10. The van der Waals surface area contributed by atoms with E-state index in [9.17, 15) is 0 Å². The minimum Gasteiger partial charge on any atom is -0.381 e. The molecule has 3 heteroatoms. The molecule has 0 aromatic carbocycles. The van der Waals surface area contributed by atoms with Gasteiger partial charge in [0.05, 0.1) is 0 Å². The maximum Gasteiger partial charge on any atom is 0.0480 e. The summed E-state index contributed by atoms with van der Waals surface area (Å²) in [6, 6.07) is 1.41. The molecule has 3 nitrogen and oxygen atoms in total. The van der Waals surface area contributed by atoms with Crippen LogP contribution in [0.15, 0.2) is 0 Å². The van der Waals surface area contributed by atoms with Gasteiger partial charge in [0.1, 0.15) is 0 Å². The SMILES string of the molecule is C1CNC[C@H](NC2CCOCC2)C1. The molecule has 0 radical (unpaired) electrons. The highest BCUT2D eigenvalue weighted by atomic mass is 16.5. The van der Waals surface area contributed by atoms with Crippen LogP contribution < -0.4 is 10.6 Å². The minimum absolute atomic E-state index is 0.705. The van der Waals surface area contributed by atoms with Crippen molar-refractivity contribution in [2.24, 2.45) is 0 Å². The van der Waals surface area contributed by atoms with Crippen LogP contribution in [0.5, 0.6) is 0 Å². The standard InChI is InChI=1S/C10H20N2O/c1-2-10(8-11-5-1)12-9-3-6-13-7-4-9/h9-12H,1-8H2/t10-/m1/s1. The van der Waals surface area contributed by atoms with Crippen LogP contribution in [0.2, 0.25) is 0 Å². The third-order valence-electron chi connectivity index (χ3n) is 2.99. The summed E-state index contributed by atoms with van der Waals surface area (Å²) in [7, 11) is 0. The number of hydrogen-bond donors (Lipinski definition) is 2. The number of piperidine rings is 1. The van der Waals surface area contributed by atoms with Crippen molar-refractivity contribution in [2.75, 3.05) is 26.3 Å². The summed E-state index contributed by atoms with van der Waals surface area (Å²) < 4.78 is 5.33. The maximum atomic E-state index is 5.33. The molecule has 2 N–H and O–H groups in total. The average Bonchev–Trinajstić information content (AvgIpc) is 2.21. The Kier molecular flexibility index (Phi) is 3.58. The zero-order valence-corrected chi connectivity index (χ0v) is 8.22. The van der Waals surface area contributed by atoms with E-state index in [1.165, 1.54) is 32.2 Å². The van der Waals surface area contributed by atoms with Gasteiger partial charge in [-0.3, -0.25) is 0 Å². The molecule has 13 heavy (non-hydrogen) atoms. The van der Waals surface area contributed by atoms with Crippen molar-refractivity contribution in [1.29, 1.82) is 0 Å². The summed E-state index contributed by atoms with van der Waals surface area (Å²) >= 11 is 0. The van der Waals surface area contributed by atoms with E-state index in [2.05, 4.69) is 10.6 Å². The number of hydrogen-bond acceptors (Lipinski definition) is 3. The van der Waals surface area contributed by atoms with Gasteiger partial charge in [0.15, 0.2) is 0 Å². The number of nitrogens with one attached hydrogen (secondary N) is 2. The topological polar surface area (TPSA) is 33.3 Å². The Balaban J connectivity index is 1.69. The van der Waals surface area contributed by atoms with E-state index in [-0.39, 0.29) is 0 Å². The van der Waals surface area contributed by atoms with Crippen LogP contribution in [0.3, 0.4) is 0 Å². The first kappa shape index (κ1) is 9.44. The summed E-state index contributed by atoms with van der Waals surface area (Å²) in [5, 5.41) is 7.15. The summed E-state index contributed by atoms with van der Waals surface area (Å²) in [6.07, 6.45) is 5.04. The lowest BCUT2D eigenvalue weighted by molar-refractivity contribution is 0.0738. The van der Waals surface area contributed by atoms with Crippen molar-refractivity contribution >= 4 is 0 Å². The van der Waals surface area contributed by atoms with Crippen molar-refractivity contribution in [1.82, 2.24) is 10.6 Å². The second-order valence-electron chi connectivity index (χ2n) is 4.10. The molecule has 0 aromatic heterocycles. The molecule has 76 valence electrons. The van der Waals surface area contributed by atoms with Crippen molar-refractivity contribution in [3.05, 3.63) is 0 Å². The molecule has 2 fully saturated rings. The summed E-state index contributed by atoms with van der Waals surface area (Å²) in [4.78, 5) is 0. The highest BCUT2D eigenvalue weighted by Crippen LogP contribution is 2.10. The predicted molar refractivity (Wildman–Crippen MR) is 52.9 cm³/mol. The van der Waals surface area contributed by atoms with Gasteiger partial charge in [-0.1, -0.05) is 0 Å². The van der Waals surface area contributed by atoms with Gasteiger partial charge in [-0.05, 0) is 32.2 Å². The Labute approximate surface area is 80.2 Å². The Hall–Kier alpha value is -0.120. The smallest absolute Gasteiger partial charge is 0.0480 e. The van der Waals surface area contributed by atoms with E-state index in [4.69, 9.17) is 4.74 Å². The van der Waals surface area contributed by atoms with Crippen molar-refractivity contribution in [2.45, 2.75) is 37.8 Å². The van der Waals surface area contributed by atoms with Crippen LogP contribution in [0, 0.1) is 0 Å². The van der Waals surface area contributed by atoms with Gasteiger partial charge in [0.25, 0.3) is 0 Å². The number of rotatable bonds is 2. The molecule has 0 aliphatic carbocycles. The third-order valence-corrected chi connectivity index (χ3v) is 2.99. The monoisotopic (exact) mass is 184 g/mol. The molecule has 0 saturated carbocycles. The molecular formula is C10H20N2O. The zero-order chi connectivity index (χ0) is 8.93. The van der Waals surface area contributed by atoms with Gasteiger partial charge in [-0.15, -0.1) is 0 Å². The van der Waals surface area contributed by atoms with Crippen LogP contribution in [0.4, 0.5) is 0 Å². The first-order valence-electron chi connectivity index (χ1n) is 5.49. The van der Waals surface area contributed by atoms with Gasteiger partial charge in [-0.2, -0.15) is 0 Å². The van der Waals surface area contributed by atoms with E-state index < -0.39 is 0 Å². The maximum absolute atomic E-state index is 5.33. The van der Waals surface area contributed by atoms with Crippen LogP contribution >= 0.6 is 0 Å². The van der Waals surface area contributed by atoms with E-state index >= 15 is 0 Å². The normalized spacial score (nSPS) is 31.8. The fourth-order valence-electron chi connectivity index (χ4n) is 2.19. The highest BCUT2D eigenvalue weighted by molar-refractivity contribution is 4.80. The number of ether oxygens (including phenoxy) is 1. The summed E-state index contributed by atoms with van der Waals surface area (Å²) in [6.45, 7) is 4.24. The molecule has 0 bridgehead atoms. The third kappa shape index (κ3) is 2.93. The Morgan fingerprint density at radius 1 is 1.08 bits per heavy atom. The van der Waals surface area contributed by atoms with Gasteiger partial charge >= 0.3 is 0 Å². The second kappa shape index (κ2) is 4.94. The lowest BCUT2D eigenvalue weighted by Gasteiger charge is -2.31. The lowest BCUT2D eigenvalue weighted by Crippen LogP contribution is -2.48. The van der Waals surface area contributed by atoms with Gasteiger partial charge in [0.2, 0.25) is 0 Å². The van der Waals surface area contributed by atoms with Gasteiger partial charge in [0, 0.05) is 31.8 Å². The Bertz CT molecular complexity index is 124. The molecule has 1 atom stereocenters. The molecule has 0 aromatic rings. The first-order valence-corrected chi connectivity index (χ1v) is 5.49. The zero-order valence-electron chi connectivity index (χ0n) is 8.22. The first-order chi connectivity index (χ1) is 6.45. The van der Waals surface area contributed by atoms with E-state index in [1.54, 1.807) is 0 Å². The molecule has 2 aliphatic rings. The molecule has 2 rings (SSSR count). The fraction of sp³-hybridized carbons (Fsp3) is 1.00. The molecule has 0 spiro atoms. The van der Waals surface area contributed by atoms with Crippen molar-refractivity contribution in [3.63, 3.8) is 0 Å². The van der Waals surface area contributed by atoms with E-state index in [1.807, 2.05) is 0 Å². The van der Waals surface area contributed by atoms with Crippen molar-refractivity contribution in [3.8, 4) is 0 Å². The van der Waals surface area contributed by atoms with Crippen LogP contribution in [-0.4, -0.2) is 38.4 Å². The molecular weight excluding hydrogens is 164 g/mol. The minimum atomic E-state index is 0.705. The molecule has 0 amide bonds. The van der Waals surface area contributed by atoms with E-state index in [0.29, 0.717) is 12.1 Å². The van der Waals surface area contributed by atoms with Crippen molar-refractivity contribution < 1.29 is 4.74 Å². The summed E-state index contributed by atoms with van der Waals surface area (Å²) in [5.74, 6) is 0. The lowest BCUT2D eigenvalue weighted by atomic mass is 10.0. The molecule has 2 aliphatic heterocycles. The molecule has 2 heterocycles. The summed E-state index contributed by atoms with van der Waals surface area (Å²) in [5.41, 5.74) is 0. The molecule has 0 unspecified atom stereocenters. The average molecular weight is 184 g/mol. The quantitative estimate of drug-likeness (QED) is 0.656. The van der Waals surface area contributed by atoms with Crippen LogP contribution in [-0.2, 0) is 4.74 Å². The van der Waals surface area contributed by atoms with Gasteiger partial charge < -0.3 is 15.4 Å². The Morgan fingerprint density at radius 2 is 1.92 bits per heavy atom. The fourth-order valence-corrected chi connectivity index (χ4v) is 2.19. The largest absolute Gasteiger partial charge is 0.381 e. The van der Waals surface area contributed by atoms with Crippen LogP contribution in [0.25, 0.3) is 0 Å². The van der Waals surface area contributed by atoms with Crippen LogP contribution in [0.1, 0.15) is 25.7 Å². The molecule has 2 saturated heterocycles. The van der Waals surface area contributed by atoms with Gasteiger partial charge in [-0.25, -0.2) is 0 Å². The Morgan fingerprint density at radius 3 is 2.62 bits per heavy atom. The highest BCUT2D eigenvalue weighted by Gasteiger charge is 2.19. The predicted octanol–water partition coefficient (Wildman–Crippen LogP) is 0.507.